The smallest absolute Gasteiger partial charge is 0.230 e. The lowest BCUT2D eigenvalue weighted by atomic mass is 10.0. The van der Waals surface area contributed by atoms with E-state index in [2.05, 4.69) is 11.9 Å². The van der Waals surface area contributed by atoms with Gasteiger partial charge in [-0.2, -0.15) is 0 Å². The number of methoxy groups -OCH3 is 1. The third-order valence-corrected chi connectivity index (χ3v) is 4.97. The molecule has 0 saturated carbocycles. The maximum Gasteiger partial charge on any atom is 0.230 e. The number of nitrogens with zero attached hydrogens (tertiary/aromatic N) is 2. The van der Waals surface area contributed by atoms with Gasteiger partial charge in [0.1, 0.15) is 11.5 Å². The van der Waals surface area contributed by atoms with Gasteiger partial charge < -0.3 is 14.4 Å². The molecule has 142 valence electrons. The molecule has 2 aromatic carbocycles. The third kappa shape index (κ3) is 3.56. The van der Waals surface area contributed by atoms with Crippen molar-refractivity contribution in [2.24, 2.45) is 0 Å². The van der Waals surface area contributed by atoms with E-state index < -0.39 is 0 Å². The topological polar surface area (TPSA) is 51.7 Å². The Labute approximate surface area is 164 Å². The number of rotatable bonds is 4. The molecule has 1 aromatic heterocycles. The van der Waals surface area contributed by atoms with Crippen LogP contribution in [-0.4, -0.2) is 24.6 Å². The second-order valence-corrected chi connectivity index (χ2v) is 6.80. The molecule has 4 rings (SSSR count). The van der Waals surface area contributed by atoms with E-state index in [1.807, 2.05) is 54.7 Å². The molecule has 5 nitrogen and oxygen atoms in total. The van der Waals surface area contributed by atoms with Gasteiger partial charge in [-0.3, -0.25) is 9.78 Å². The molecule has 5 heteroatoms. The van der Waals surface area contributed by atoms with Crippen LogP contribution >= 0.6 is 0 Å². The van der Waals surface area contributed by atoms with E-state index in [4.69, 9.17) is 9.47 Å². The van der Waals surface area contributed by atoms with E-state index in [9.17, 15) is 4.79 Å². The Hall–Kier alpha value is -3.34. The normalized spacial score (nSPS) is 13.5. The summed E-state index contributed by atoms with van der Waals surface area (Å²) in [6, 6.07) is 15.7. The molecule has 0 spiro atoms. The van der Waals surface area contributed by atoms with Gasteiger partial charge in [0, 0.05) is 18.0 Å². The Morgan fingerprint density at radius 1 is 1.14 bits per heavy atom. The van der Waals surface area contributed by atoms with Gasteiger partial charge >= 0.3 is 0 Å². The molecule has 1 amide bonds. The third-order valence-electron chi connectivity index (χ3n) is 4.97. The Morgan fingerprint density at radius 2 is 1.96 bits per heavy atom. The largest absolute Gasteiger partial charge is 0.497 e. The number of hydrogen-bond donors (Lipinski definition) is 0. The quantitative estimate of drug-likeness (QED) is 0.680. The summed E-state index contributed by atoms with van der Waals surface area (Å²) in [5.41, 5.74) is 5.07. The van der Waals surface area contributed by atoms with Gasteiger partial charge in [0.25, 0.3) is 0 Å². The van der Waals surface area contributed by atoms with Gasteiger partial charge in [-0.25, -0.2) is 0 Å². The van der Waals surface area contributed by atoms with Crippen LogP contribution in [0.4, 0.5) is 5.69 Å². The van der Waals surface area contributed by atoms with Gasteiger partial charge in [-0.1, -0.05) is 18.2 Å². The minimum Gasteiger partial charge on any atom is -0.497 e. The molecular weight excluding hydrogens is 352 g/mol. The van der Waals surface area contributed by atoms with Crippen molar-refractivity contribution in [2.45, 2.75) is 19.9 Å². The second kappa shape index (κ2) is 7.72. The van der Waals surface area contributed by atoms with Crippen LogP contribution in [-0.2, 0) is 11.3 Å². The van der Waals surface area contributed by atoms with Crippen LogP contribution in [0.2, 0.25) is 0 Å². The lowest BCUT2D eigenvalue weighted by molar-refractivity contribution is -0.118. The van der Waals surface area contributed by atoms with Gasteiger partial charge in [0.2, 0.25) is 5.91 Å². The number of benzene rings is 2. The number of aromatic nitrogens is 1. The predicted molar refractivity (Wildman–Crippen MR) is 109 cm³/mol. The van der Waals surface area contributed by atoms with Crippen molar-refractivity contribution in [1.82, 2.24) is 4.98 Å². The van der Waals surface area contributed by atoms with Crippen LogP contribution in [0.15, 0.2) is 60.9 Å². The van der Waals surface area contributed by atoms with E-state index in [-0.39, 0.29) is 5.91 Å². The minimum atomic E-state index is 0.0554. The van der Waals surface area contributed by atoms with Crippen LogP contribution in [0, 0.1) is 6.92 Å². The molecule has 0 bridgehead atoms. The number of carbonyl (C=O) groups excluding carboxylic acids is 1. The average molecular weight is 374 g/mol. The first-order valence-corrected chi connectivity index (χ1v) is 9.27. The summed E-state index contributed by atoms with van der Waals surface area (Å²) < 4.78 is 11.1. The minimum absolute atomic E-state index is 0.0554. The van der Waals surface area contributed by atoms with E-state index in [0.717, 1.165) is 39.4 Å². The highest BCUT2D eigenvalue weighted by molar-refractivity contribution is 5.96. The number of amides is 1. The van der Waals surface area contributed by atoms with Crippen molar-refractivity contribution >= 4 is 11.6 Å². The lowest BCUT2D eigenvalue weighted by Gasteiger charge is -2.23. The van der Waals surface area contributed by atoms with E-state index in [1.165, 1.54) is 0 Å². The van der Waals surface area contributed by atoms with Gasteiger partial charge in [-0.15, -0.1) is 0 Å². The van der Waals surface area contributed by atoms with Crippen molar-refractivity contribution in [3.05, 3.63) is 72.1 Å². The average Bonchev–Trinajstić information content (AvgIpc) is 2.87. The van der Waals surface area contributed by atoms with Crippen molar-refractivity contribution < 1.29 is 14.3 Å². The number of pyridine rings is 1. The fourth-order valence-corrected chi connectivity index (χ4v) is 3.39. The summed E-state index contributed by atoms with van der Waals surface area (Å²) >= 11 is 0. The lowest BCUT2D eigenvalue weighted by Crippen LogP contribution is -2.29. The second-order valence-electron chi connectivity index (χ2n) is 6.80. The molecule has 2 heterocycles. The van der Waals surface area contributed by atoms with Crippen LogP contribution in [0.1, 0.15) is 17.5 Å². The molecular formula is C23H22N2O3. The highest BCUT2D eigenvalue weighted by Gasteiger charge is 2.24. The molecule has 1 aliphatic rings. The summed E-state index contributed by atoms with van der Waals surface area (Å²) in [7, 11) is 1.64. The first-order valence-electron chi connectivity index (χ1n) is 9.27. The first-order chi connectivity index (χ1) is 13.7. The number of fused-ring (bicyclic) bond motifs is 1. The summed E-state index contributed by atoms with van der Waals surface area (Å²) in [5.74, 6) is 1.58. The number of carbonyl (C=O) groups is 1. The van der Waals surface area contributed by atoms with Crippen molar-refractivity contribution in [2.75, 3.05) is 18.6 Å². The number of anilines is 1. The molecule has 1 aliphatic heterocycles. The highest BCUT2D eigenvalue weighted by atomic mass is 16.5. The Kier molecular flexibility index (Phi) is 4.98. The number of ether oxygens (including phenoxy) is 2. The molecule has 3 aromatic rings. The zero-order chi connectivity index (χ0) is 19.5. The van der Waals surface area contributed by atoms with E-state index >= 15 is 0 Å². The molecule has 0 fully saturated rings. The molecule has 0 radical (unpaired) electrons. The molecule has 0 unspecified atom stereocenters. The maximum atomic E-state index is 12.7. The molecule has 0 atom stereocenters. The summed E-state index contributed by atoms with van der Waals surface area (Å²) in [5, 5.41) is 0. The number of hydrogen-bond acceptors (Lipinski definition) is 4. The fraction of sp³-hybridized carbons (Fsp3) is 0.217. The fourth-order valence-electron chi connectivity index (χ4n) is 3.39. The number of aryl methyl sites for hydroxylation is 1. The van der Waals surface area contributed by atoms with Crippen LogP contribution in [0.3, 0.4) is 0 Å². The summed E-state index contributed by atoms with van der Waals surface area (Å²) in [4.78, 5) is 18.8. The SMILES string of the molecule is COc1ccc(CN2C(=O)CCOc3cc(-c4cnccc4C)ccc32)cc1. The summed E-state index contributed by atoms with van der Waals surface area (Å²) in [6.45, 7) is 2.92. The van der Waals surface area contributed by atoms with Gasteiger partial charge in [-0.05, 0) is 53.9 Å². The Balaban J connectivity index is 1.69. The van der Waals surface area contributed by atoms with E-state index in [1.54, 1.807) is 18.2 Å². The van der Waals surface area contributed by atoms with Crippen molar-refractivity contribution in [3.8, 4) is 22.6 Å². The Bertz CT molecular complexity index is 999. The van der Waals surface area contributed by atoms with Gasteiger partial charge in [0.05, 0.1) is 32.4 Å². The summed E-state index contributed by atoms with van der Waals surface area (Å²) in [6.07, 6.45) is 3.99. The van der Waals surface area contributed by atoms with Gasteiger partial charge in [0.15, 0.2) is 0 Å². The van der Waals surface area contributed by atoms with Crippen LogP contribution in [0.25, 0.3) is 11.1 Å². The monoisotopic (exact) mass is 374 g/mol. The zero-order valence-electron chi connectivity index (χ0n) is 16.0. The predicted octanol–water partition coefficient (Wildman–Crippen LogP) is 4.38. The van der Waals surface area contributed by atoms with Crippen molar-refractivity contribution in [3.63, 3.8) is 0 Å². The van der Waals surface area contributed by atoms with Crippen LogP contribution < -0.4 is 14.4 Å². The molecule has 28 heavy (non-hydrogen) atoms. The first kappa shape index (κ1) is 18.0. The molecule has 0 N–H and O–H groups in total. The van der Waals surface area contributed by atoms with Crippen LogP contribution in [0.5, 0.6) is 11.5 Å². The van der Waals surface area contributed by atoms with Crippen molar-refractivity contribution in [1.29, 1.82) is 0 Å². The maximum absolute atomic E-state index is 12.7. The molecule has 0 aliphatic carbocycles. The highest BCUT2D eigenvalue weighted by Crippen LogP contribution is 2.37. The Morgan fingerprint density at radius 3 is 2.71 bits per heavy atom. The zero-order valence-corrected chi connectivity index (χ0v) is 16.0. The molecule has 0 saturated heterocycles. The van der Waals surface area contributed by atoms with E-state index in [0.29, 0.717) is 19.6 Å². The standard InChI is InChI=1S/C23H22N2O3/c1-16-9-11-24-14-20(16)18-5-8-21-22(13-18)28-12-10-23(26)25(21)15-17-3-6-19(27-2)7-4-17/h3-9,11,13-14H,10,12,15H2,1-2H3.